The molecule has 4 aromatic heterocycles. The molecule has 4 heterocycles. The smallest absolute Gasteiger partial charge is 0.326 e. The molecule has 1 saturated carbocycles. The number of aromatic nitrogens is 7. The van der Waals surface area contributed by atoms with Crippen molar-refractivity contribution in [2.75, 3.05) is 5.32 Å². The van der Waals surface area contributed by atoms with Crippen LogP contribution in [0.15, 0.2) is 40.4 Å². The van der Waals surface area contributed by atoms with Gasteiger partial charge in [-0.1, -0.05) is 6.07 Å². The fourth-order valence-electron chi connectivity index (χ4n) is 3.04. The van der Waals surface area contributed by atoms with Crippen LogP contribution in [0, 0.1) is 0 Å². The van der Waals surface area contributed by atoms with Gasteiger partial charge in [0.1, 0.15) is 5.69 Å². The Morgan fingerprint density at radius 3 is 2.90 bits per heavy atom. The van der Waals surface area contributed by atoms with Crippen LogP contribution in [-0.4, -0.2) is 45.7 Å². The number of fused-ring (bicyclic) bond motifs is 1. The topological polar surface area (TPSA) is 149 Å². The highest BCUT2D eigenvalue weighted by molar-refractivity contribution is 5.57. The predicted octanol–water partition coefficient (Wildman–Crippen LogP) is 0.0252. The fourth-order valence-corrected chi connectivity index (χ4v) is 3.04. The summed E-state index contributed by atoms with van der Waals surface area (Å²) >= 11 is 0. The summed E-state index contributed by atoms with van der Waals surface area (Å²) in [5.41, 5.74) is 1.55. The van der Waals surface area contributed by atoms with E-state index in [1.54, 1.807) is 23.0 Å². The van der Waals surface area contributed by atoms with E-state index in [-0.39, 0.29) is 23.7 Å². The zero-order valence-corrected chi connectivity index (χ0v) is 16.1. The largest absolute Gasteiger partial charge is 0.493 e. The molecule has 30 heavy (non-hydrogen) atoms. The number of aromatic amines is 2. The van der Waals surface area contributed by atoms with E-state index in [1.165, 1.54) is 0 Å². The second-order valence-electron chi connectivity index (χ2n) is 7.15. The Morgan fingerprint density at radius 1 is 1.33 bits per heavy atom. The van der Waals surface area contributed by atoms with E-state index in [9.17, 15) is 9.90 Å². The van der Waals surface area contributed by atoms with Gasteiger partial charge in [-0.3, -0.25) is 9.97 Å². The molecule has 1 unspecified atom stereocenters. The molecule has 0 saturated heterocycles. The molecule has 5 rings (SSSR count). The summed E-state index contributed by atoms with van der Waals surface area (Å²) < 4.78 is 1.56. The Hall–Kier alpha value is -4.02. The highest BCUT2D eigenvalue weighted by Crippen LogP contribution is 2.22. The van der Waals surface area contributed by atoms with E-state index in [4.69, 9.17) is 0 Å². The van der Waals surface area contributed by atoms with Crippen LogP contribution in [-0.2, 0) is 0 Å². The zero-order chi connectivity index (χ0) is 20.7. The van der Waals surface area contributed by atoms with Crippen molar-refractivity contribution < 1.29 is 5.11 Å². The standard InChI is InChI=1S/C19H19N9O2/c1-10(13-4-2-3-7-20-13)22-17-25-15-11(8-14-16(29)26-19(30)24-14)9-21-28(15)18(27-17)23-12-5-6-12/h2-4,7-10,12,29H,5-6H2,1H3,(H,22,23,27)(H2,24,26,30). The van der Waals surface area contributed by atoms with Crippen LogP contribution in [0.2, 0.25) is 0 Å². The van der Waals surface area contributed by atoms with Crippen LogP contribution < -0.4 is 21.8 Å². The van der Waals surface area contributed by atoms with Gasteiger partial charge < -0.3 is 15.4 Å². The van der Waals surface area contributed by atoms with Crippen LogP contribution in [0.3, 0.4) is 0 Å². The number of aromatic hydroxyl groups is 1. The summed E-state index contributed by atoms with van der Waals surface area (Å²) in [7, 11) is 0. The van der Waals surface area contributed by atoms with E-state index < -0.39 is 5.69 Å². The minimum absolute atomic E-state index is 0.122. The van der Waals surface area contributed by atoms with Gasteiger partial charge in [-0.25, -0.2) is 9.79 Å². The molecule has 11 heteroatoms. The summed E-state index contributed by atoms with van der Waals surface area (Å²) in [6, 6.07) is 5.83. The van der Waals surface area contributed by atoms with Crippen molar-refractivity contribution in [3.05, 3.63) is 63.3 Å². The molecule has 11 nitrogen and oxygen atoms in total. The zero-order valence-electron chi connectivity index (χ0n) is 16.1. The first-order valence-electron chi connectivity index (χ1n) is 9.57. The third-order valence-corrected chi connectivity index (χ3v) is 4.74. The van der Waals surface area contributed by atoms with Crippen molar-refractivity contribution in [1.82, 2.24) is 34.5 Å². The third-order valence-electron chi connectivity index (χ3n) is 4.74. The molecule has 152 valence electrons. The molecule has 0 aliphatic heterocycles. The highest BCUT2D eigenvalue weighted by atomic mass is 16.3. The number of nitrogens with zero attached hydrogens (tertiary/aromatic N) is 6. The second-order valence-corrected chi connectivity index (χ2v) is 7.15. The van der Waals surface area contributed by atoms with Gasteiger partial charge in [0.25, 0.3) is 5.62 Å². The molecule has 1 aliphatic rings. The first-order chi connectivity index (χ1) is 14.6. The van der Waals surface area contributed by atoms with Crippen molar-refractivity contribution in [2.24, 2.45) is 4.99 Å². The number of imidazole rings is 1. The van der Waals surface area contributed by atoms with Gasteiger partial charge in [0.2, 0.25) is 11.8 Å². The van der Waals surface area contributed by atoms with Crippen LogP contribution in [0.25, 0.3) is 11.7 Å². The first-order valence-corrected chi connectivity index (χ1v) is 9.57. The Kier molecular flexibility index (Phi) is 4.27. The van der Waals surface area contributed by atoms with Crippen molar-refractivity contribution >= 4 is 17.7 Å². The number of rotatable bonds is 5. The minimum Gasteiger partial charge on any atom is -0.493 e. The number of hydrogen-bond acceptors (Lipinski definition) is 8. The molecule has 0 radical (unpaired) electrons. The number of H-pyrrole nitrogens is 2. The average molecular weight is 405 g/mol. The molecule has 4 N–H and O–H groups in total. The summed E-state index contributed by atoms with van der Waals surface area (Å²) in [6.45, 7) is 1.97. The van der Waals surface area contributed by atoms with E-state index >= 15 is 0 Å². The Bertz CT molecular complexity index is 1380. The van der Waals surface area contributed by atoms with Gasteiger partial charge >= 0.3 is 5.69 Å². The summed E-state index contributed by atoms with van der Waals surface area (Å²) in [6.07, 6.45) is 6.97. The second kappa shape index (κ2) is 7.10. The Balaban J connectivity index is 1.63. The van der Waals surface area contributed by atoms with Crippen molar-refractivity contribution in [3.63, 3.8) is 0 Å². The molecule has 0 spiro atoms. The van der Waals surface area contributed by atoms with Gasteiger partial charge in [0, 0.05) is 11.4 Å². The van der Waals surface area contributed by atoms with E-state index in [1.807, 2.05) is 25.1 Å². The third kappa shape index (κ3) is 3.52. The molecular formula is C19H19N9O2. The number of anilines is 1. The average Bonchev–Trinajstić information content (AvgIpc) is 3.37. The molecule has 1 atom stereocenters. The lowest BCUT2D eigenvalue weighted by Gasteiger charge is -2.13. The Morgan fingerprint density at radius 2 is 2.20 bits per heavy atom. The predicted molar refractivity (Wildman–Crippen MR) is 108 cm³/mol. The highest BCUT2D eigenvalue weighted by Gasteiger charge is 2.21. The lowest BCUT2D eigenvalue weighted by atomic mass is 10.2. The first kappa shape index (κ1) is 18.0. The molecule has 0 amide bonds. The maximum atomic E-state index is 11.4. The van der Waals surface area contributed by atoms with Crippen molar-refractivity contribution in [3.8, 4) is 5.88 Å². The maximum absolute atomic E-state index is 11.4. The fraction of sp³-hybridized carbons (Fsp3) is 0.263. The van der Waals surface area contributed by atoms with Crippen molar-refractivity contribution in [2.45, 2.75) is 31.8 Å². The lowest BCUT2D eigenvalue weighted by molar-refractivity contribution is 0.454. The van der Waals surface area contributed by atoms with Crippen LogP contribution in [0.1, 0.15) is 37.2 Å². The monoisotopic (exact) mass is 405 g/mol. The quantitative estimate of drug-likeness (QED) is 0.366. The molecule has 4 aromatic rings. The van der Waals surface area contributed by atoms with Crippen LogP contribution in [0.5, 0.6) is 5.88 Å². The minimum atomic E-state index is -0.499. The SMILES string of the molecule is CC(Nc1nc(=NC2CC2)n2ncc(=Cc3[nH]c(=O)[nH]c3O)c2n1)c1ccccn1. The van der Waals surface area contributed by atoms with Gasteiger partial charge in [0.15, 0.2) is 5.65 Å². The van der Waals surface area contributed by atoms with Gasteiger partial charge in [-0.2, -0.15) is 19.6 Å². The molecule has 1 fully saturated rings. The van der Waals surface area contributed by atoms with Gasteiger partial charge in [0.05, 0.1) is 24.0 Å². The van der Waals surface area contributed by atoms with E-state index in [0.29, 0.717) is 22.4 Å². The molecule has 0 bridgehead atoms. The normalized spacial score (nSPS) is 16.3. The summed E-state index contributed by atoms with van der Waals surface area (Å²) in [4.78, 5) is 34.4. The number of pyridine rings is 1. The van der Waals surface area contributed by atoms with Gasteiger partial charge in [-0.15, -0.1) is 0 Å². The van der Waals surface area contributed by atoms with Gasteiger partial charge in [-0.05, 0) is 38.0 Å². The maximum Gasteiger partial charge on any atom is 0.326 e. The van der Waals surface area contributed by atoms with Crippen molar-refractivity contribution in [1.29, 1.82) is 0 Å². The molecular weight excluding hydrogens is 386 g/mol. The summed E-state index contributed by atoms with van der Waals surface area (Å²) in [5.74, 6) is 0.139. The van der Waals surface area contributed by atoms with E-state index in [0.717, 1.165) is 18.5 Å². The summed E-state index contributed by atoms with van der Waals surface area (Å²) in [5, 5.41) is 18.1. The lowest BCUT2D eigenvalue weighted by Crippen LogP contribution is -2.25. The van der Waals surface area contributed by atoms with Crippen LogP contribution >= 0.6 is 0 Å². The Labute approximate surface area is 169 Å². The molecule has 1 aliphatic carbocycles. The number of nitrogens with one attached hydrogen (secondary N) is 3. The number of hydrogen-bond donors (Lipinski definition) is 4. The molecule has 0 aromatic carbocycles. The van der Waals surface area contributed by atoms with Crippen LogP contribution in [0.4, 0.5) is 5.95 Å². The van der Waals surface area contributed by atoms with E-state index in [2.05, 4.69) is 40.3 Å².